The first-order valence-corrected chi connectivity index (χ1v) is 8.25. The average Bonchev–Trinajstić information content (AvgIpc) is 2.91. The second-order valence-corrected chi connectivity index (χ2v) is 7.02. The van der Waals surface area contributed by atoms with Crippen LogP contribution < -0.4 is 16.0 Å². The van der Waals surface area contributed by atoms with Crippen molar-refractivity contribution in [2.45, 2.75) is 77.5 Å². The van der Waals surface area contributed by atoms with Gasteiger partial charge in [0, 0.05) is 24.7 Å². The van der Waals surface area contributed by atoms with Gasteiger partial charge in [0.05, 0.1) is 0 Å². The fourth-order valence-corrected chi connectivity index (χ4v) is 2.64. The molecule has 0 radical (unpaired) electrons. The van der Waals surface area contributed by atoms with E-state index < -0.39 is 5.60 Å². The number of nitrogens with one attached hydrogen (secondary N) is 3. The first-order chi connectivity index (χ1) is 9.80. The Morgan fingerprint density at radius 3 is 2.43 bits per heavy atom. The van der Waals surface area contributed by atoms with Gasteiger partial charge in [-0.2, -0.15) is 0 Å². The molecule has 1 heterocycles. The molecule has 0 bridgehead atoms. The minimum absolute atomic E-state index is 0.0544. The summed E-state index contributed by atoms with van der Waals surface area (Å²) < 4.78 is 5.31. The van der Waals surface area contributed by atoms with Crippen LogP contribution >= 0.6 is 0 Å². The van der Waals surface area contributed by atoms with Crippen molar-refractivity contribution in [1.29, 1.82) is 0 Å². The van der Waals surface area contributed by atoms with Crippen LogP contribution in [-0.4, -0.2) is 42.9 Å². The van der Waals surface area contributed by atoms with Crippen molar-refractivity contribution < 1.29 is 9.53 Å². The number of ether oxygens (including phenoxy) is 1. The number of rotatable bonds is 7. The fourth-order valence-electron chi connectivity index (χ4n) is 2.64. The van der Waals surface area contributed by atoms with Gasteiger partial charge in [-0.05, 0) is 53.0 Å². The smallest absolute Gasteiger partial charge is 0.407 e. The number of carbonyl (C=O) groups is 1. The summed E-state index contributed by atoms with van der Waals surface area (Å²) in [7, 11) is 0. The predicted octanol–water partition coefficient (Wildman–Crippen LogP) is 2.41. The van der Waals surface area contributed by atoms with Crippen LogP contribution in [0.25, 0.3) is 0 Å². The summed E-state index contributed by atoms with van der Waals surface area (Å²) in [6.45, 7) is 12.6. The van der Waals surface area contributed by atoms with Gasteiger partial charge < -0.3 is 20.7 Å². The molecule has 0 aliphatic carbocycles. The molecule has 0 aromatic carbocycles. The maximum absolute atomic E-state index is 11.8. The van der Waals surface area contributed by atoms with E-state index in [-0.39, 0.29) is 11.6 Å². The normalized spacial score (nSPS) is 19.6. The Labute approximate surface area is 129 Å². The van der Waals surface area contributed by atoms with Crippen molar-refractivity contribution in [3.8, 4) is 0 Å². The molecule has 1 saturated heterocycles. The fraction of sp³-hybridized carbons (Fsp3) is 0.938. The summed E-state index contributed by atoms with van der Waals surface area (Å²) in [5.41, 5.74) is -0.506. The van der Waals surface area contributed by atoms with E-state index in [1.54, 1.807) is 0 Å². The lowest BCUT2D eigenvalue weighted by Gasteiger charge is -2.34. The third-order valence-electron chi connectivity index (χ3n) is 4.21. The first-order valence-electron chi connectivity index (χ1n) is 8.25. The van der Waals surface area contributed by atoms with Crippen LogP contribution in [0.1, 0.15) is 60.3 Å². The molecule has 1 unspecified atom stereocenters. The maximum Gasteiger partial charge on any atom is 0.407 e. The van der Waals surface area contributed by atoms with Crippen LogP contribution in [0, 0.1) is 0 Å². The predicted molar refractivity (Wildman–Crippen MR) is 86.6 cm³/mol. The molecule has 5 heteroatoms. The Hall–Kier alpha value is -0.810. The Morgan fingerprint density at radius 2 is 1.95 bits per heavy atom. The lowest BCUT2D eigenvalue weighted by Crippen LogP contribution is -2.55. The van der Waals surface area contributed by atoms with Gasteiger partial charge >= 0.3 is 6.09 Å². The molecule has 0 saturated carbocycles. The monoisotopic (exact) mass is 299 g/mol. The van der Waals surface area contributed by atoms with Crippen molar-refractivity contribution in [1.82, 2.24) is 16.0 Å². The highest BCUT2D eigenvalue weighted by Crippen LogP contribution is 2.16. The highest BCUT2D eigenvalue weighted by Gasteiger charge is 2.28. The largest absolute Gasteiger partial charge is 0.444 e. The molecule has 5 nitrogen and oxygen atoms in total. The number of carbonyl (C=O) groups excluding carboxylic acids is 1. The van der Waals surface area contributed by atoms with E-state index in [4.69, 9.17) is 4.74 Å². The highest BCUT2D eigenvalue weighted by molar-refractivity contribution is 5.67. The van der Waals surface area contributed by atoms with Crippen molar-refractivity contribution >= 4 is 6.09 Å². The van der Waals surface area contributed by atoms with Gasteiger partial charge in [0.2, 0.25) is 0 Å². The zero-order valence-corrected chi connectivity index (χ0v) is 14.3. The van der Waals surface area contributed by atoms with Gasteiger partial charge in [-0.25, -0.2) is 4.79 Å². The van der Waals surface area contributed by atoms with Gasteiger partial charge in [-0.1, -0.05) is 13.8 Å². The third kappa shape index (κ3) is 6.66. The molecule has 1 aliphatic rings. The molecule has 3 N–H and O–H groups in total. The van der Waals surface area contributed by atoms with E-state index in [2.05, 4.69) is 29.8 Å². The van der Waals surface area contributed by atoms with Gasteiger partial charge in [-0.3, -0.25) is 0 Å². The first kappa shape index (κ1) is 18.2. The zero-order chi connectivity index (χ0) is 15.9. The van der Waals surface area contributed by atoms with Crippen molar-refractivity contribution in [2.24, 2.45) is 0 Å². The second-order valence-electron chi connectivity index (χ2n) is 7.02. The molecule has 1 aliphatic heterocycles. The molecular weight excluding hydrogens is 266 g/mol. The van der Waals surface area contributed by atoms with Crippen LogP contribution in [0.4, 0.5) is 4.79 Å². The molecule has 0 spiro atoms. The number of hydrogen-bond acceptors (Lipinski definition) is 4. The summed E-state index contributed by atoms with van der Waals surface area (Å²) in [5, 5.41) is 10.1. The summed E-state index contributed by atoms with van der Waals surface area (Å²) in [4.78, 5) is 11.8. The van der Waals surface area contributed by atoms with E-state index in [0.29, 0.717) is 12.6 Å². The van der Waals surface area contributed by atoms with Gasteiger partial charge in [0.1, 0.15) is 5.60 Å². The Kier molecular flexibility index (Phi) is 6.94. The van der Waals surface area contributed by atoms with Gasteiger partial charge in [0.15, 0.2) is 0 Å². The van der Waals surface area contributed by atoms with Crippen LogP contribution in [0.15, 0.2) is 0 Å². The van der Waals surface area contributed by atoms with Gasteiger partial charge in [-0.15, -0.1) is 0 Å². The minimum Gasteiger partial charge on any atom is -0.444 e. The molecule has 1 amide bonds. The van der Waals surface area contributed by atoms with Crippen LogP contribution in [0.3, 0.4) is 0 Å². The molecule has 21 heavy (non-hydrogen) atoms. The molecule has 1 atom stereocenters. The summed E-state index contributed by atoms with van der Waals surface area (Å²) in [6, 6.07) is 0.559. The summed E-state index contributed by atoms with van der Waals surface area (Å²) in [6.07, 6.45) is 4.11. The molecule has 124 valence electrons. The Morgan fingerprint density at radius 1 is 1.29 bits per heavy atom. The Bertz CT molecular complexity index is 316. The van der Waals surface area contributed by atoms with E-state index in [9.17, 15) is 4.79 Å². The van der Waals surface area contributed by atoms with Crippen molar-refractivity contribution in [3.05, 3.63) is 0 Å². The molecule has 1 rings (SSSR count). The lowest BCUT2D eigenvalue weighted by molar-refractivity contribution is 0.0507. The maximum atomic E-state index is 11.8. The highest BCUT2D eigenvalue weighted by atomic mass is 16.6. The number of alkyl carbamates (subject to hydrolysis) is 1. The standard InChI is InChI=1S/C16H33N3O2/c1-6-16(7-2,19-11-13-9-8-10-17-13)12-18-14(20)21-15(3,4)5/h13,17,19H,6-12H2,1-5H3,(H,18,20). The SMILES string of the molecule is CCC(CC)(CNC(=O)OC(C)(C)C)NCC1CCCN1. The van der Waals surface area contributed by atoms with E-state index >= 15 is 0 Å². The topological polar surface area (TPSA) is 62.4 Å². The van der Waals surface area contributed by atoms with E-state index in [0.717, 1.165) is 25.9 Å². The molecule has 1 fully saturated rings. The number of hydrogen-bond donors (Lipinski definition) is 3. The van der Waals surface area contributed by atoms with Crippen LogP contribution in [0.5, 0.6) is 0 Å². The third-order valence-corrected chi connectivity index (χ3v) is 4.21. The molecular formula is C16H33N3O2. The molecule has 0 aromatic heterocycles. The van der Waals surface area contributed by atoms with Gasteiger partial charge in [0.25, 0.3) is 0 Å². The lowest BCUT2D eigenvalue weighted by atomic mass is 9.92. The average molecular weight is 299 g/mol. The van der Waals surface area contributed by atoms with Crippen LogP contribution in [0.2, 0.25) is 0 Å². The summed E-state index contributed by atoms with van der Waals surface area (Å²) in [5.74, 6) is 0. The number of amides is 1. The Balaban J connectivity index is 2.44. The minimum atomic E-state index is -0.452. The van der Waals surface area contributed by atoms with Crippen molar-refractivity contribution in [2.75, 3.05) is 19.6 Å². The molecule has 0 aromatic rings. The van der Waals surface area contributed by atoms with Crippen LogP contribution in [-0.2, 0) is 4.74 Å². The zero-order valence-electron chi connectivity index (χ0n) is 14.3. The second kappa shape index (κ2) is 7.99. The van der Waals surface area contributed by atoms with Crippen molar-refractivity contribution in [3.63, 3.8) is 0 Å². The van der Waals surface area contributed by atoms with E-state index in [1.807, 2.05) is 20.8 Å². The quantitative estimate of drug-likeness (QED) is 0.675. The van der Waals surface area contributed by atoms with E-state index in [1.165, 1.54) is 12.8 Å². The summed E-state index contributed by atoms with van der Waals surface area (Å²) >= 11 is 0.